The number of carbonyl (C=O) groups excluding carboxylic acids is 1. The van der Waals surface area contributed by atoms with Crippen molar-refractivity contribution in [3.8, 4) is 6.07 Å². The molecule has 1 N–H and O–H groups in total. The Balaban J connectivity index is 2.22. The second-order valence-electron chi connectivity index (χ2n) is 6.23. The van der Waals surface area contributed by atoms with E-state index in [-0.39, 0.29) is 17.9 Å². The Kier molecular flexibility index (Phi) is 3.63. The topological polar surface area (TPSA) is 56.1 Å². The lowest BCUT2D eigenvalue weighted by atomic mass is 9.77. The van der Waals surface area contributed by atoms with Crippen molar-refractivity contribution in [1.29, 1.82) is 5.26 Å². The fraction of sp³-hybridized carbons (Fsp3) is 0.857. The van der Waals surface area contributed by atoms with E-state index in [1.165, 1.54) is 0 Å². The van der Waals surface area contributed by atoms with Gasteiger partial charge >= 0.3 is 0 Å². The van der Waals surface area contributed by atoms with E-state index >= 15 is 0 Å². The zero-order valence-electron chi connectivity index (χ0n) is 11.6. The molecular formula is C14H23N3O. The average molecular weight is 249 g/mol. The van der Waals surface area contributed by atoms with Crippen LogP contribution in [0.1, 0.15) is 40.0 Å². The molecule has 1 aliphatic carbocycles. The van der Waals surface area contributed by atoms with Crippen LogP contribution in [0.15, 0.2) is 0 Å². The van der Waals surface area contributed by atoms with Crippen molar-refractivity contribution < 1.29 is 4.79 Å². The molecule has 2 aliphatic rings. The first-order chi connectivity index (χ1) is 8.46. The molecule has 18 heavy (non-hydrogen) atoms. The summed E-state index contributed by atoms with van der Waals surface area (Å²) in [4.78, 5) is 14.3. The predicted molar refractivity (Wildman–Crippen MR) is 69.7 cm³/mol. The highest BCUT2D eigenvalue weighted by atomic mass is 16.2. The second-order valence-corrected chi connectivity index (χ2v) is 6.23. The molecule has 0 aromatic carbocycles. The molecule has 0 spiro atoms. The Hall–Kier alpha value is -1.08. The summed E-state index contributed by atoms with van der Waals surface area (Å²) in [6.07, 6.45) is 3.14. The monoisotopic (exact) mass is 249 g/mol. The lowest BCUT2D eigenvalue weighted by Crippen LogP contribution is -2.66. The van der Waals surface area contributed by atoms with Gasteiger partial charge in [-0.15, -0.1) is 0 Å². The van der Waals surface area contributed by atoms with Gasteiger partial charge in [-0.3, -0.25) is 9.69 Å². The Labute approximate surface area is 109 Å². The maximum atomic E-state index is 12.0. The summed E-state index contributed by atoms with van der Waals surface area (Å²) in [5.74, 6) is 0.815. The zero-order chi connectivity index (χ0) is 13.3. The summed E-state index contributed by atoms with van der Waals surface area (Å²) in [5.41, 5.74) is -0.491. The van der Waals surface area contributed by atoms with Gasteiger partial charge in [-0.25, -0.2) is 0 Å². The maximum absolute atomic E-state index is 12.0. The van der Waals surface area contributed by atoms with E-state index in [9.17, 15) is 10.1 Å². The molecule has 3 unspecified atom stereocenters. The van der Waals surface area contributed by atoms with Crippen LogP contribution in [0.2, 0.25) is 0 Å². The molecule has 0 aromatic heterocycles. The molecule has 100 valence electrons. The van der Waals surface area contributed by atoms with E-state index in [0.29, 0.717) is 12.5 Å². The molecule has 1 aliphatic heterocycles. The van der Waals surface area contributed by atoms with E-state index in [1.54, 1.807) is 0 Å². The molecule has 1 heterocycles. The fourth-order valence-corrected chi connectivity index (χ4v) is 3.34. The molecule has 4 heteroatoms. The van der Waals surface area contributed by atoms with Crippen molar-refractivity contribution in [2.45, 2.75) is 51.6 Å². The van der Waals surface area contributed by atoms with Crippen molar-refractivity contribution in [2.75, 3.05) is 13.1 Å². The standard InChI is InChI=1S/C14H23N3O/c1-10-4-5-11(9-15)12(8-10)17-7-6-16-13(18)14(17,2)3/h10-12H,4-8H2,1-3H3,(H,16,18). The van der Waals surface area contributed by atoms with Crippen LogP contribution < -0.4 is 5.32 Å². The smallest absolute Gasteiger partial charge is 0.240 e. The third-order valence-electron chi connectivity index (χ3n) is 4.56. The van der Waals surface area contributed by atoms with E-state index in [0.717, 1.165) is 25.8 Å². The SMILES string of the molecule is CC1CCC(C#N)C(N2CCNC(=O)C2(C)C)C1. The van der Waals surface area contributed by atoms with Gasteiger partial charge in [0.1, 0.15) is 0 Å². The molecule has 1 amide bonds. The Morgan fingerprint density at radius 2 is 2.17 bits per heavy atom. The number of amides is 1. The average Bonchev–Trinajstić information content (AvgIpc) is 2.32. The van der Waals surface area contributed by atoms with Crippen LogP contribution in [0, 0.1) is 23.2 Å². The van der Waals surface area contributed by atoms with Crippen LogP contribution in [-0.4, -0.2) is 35.5 Å². The minimum atomic E-state index is -0.491. The number of hydrogen-bond donors (Lipinski definition) is 1. The van der Waals surface area contributed by atoms with Crippen LogP contribution in [0.4, 0.5) is 0 Å². The van der Waals surface area contributed by atoms with Gasteiger partial charge in [-0.2, -0.15) is 5.26 Å². The molecule has 1 saturated carbocycles. The highest BCUT2D eigenvalue weighted by Gasteiger charge is 2.45. The van der Waals surface area contributed by atoms with Gasteiger partial charge in [0.15, 0.2) is 0 Å². The molecular weight excluding hydrogens is 226 g/mol. The summed E-state index contributed by atoms with van der Waals surface area (Å²) in [6, 6.07) is 2.69. The number of nitrogens with zero attached hydrogens (tertiary/aromatic N) is 2. The third kappa shape index (κ3) is 2.24. The first kappa shape index (κ1) is 13.4. The van der Waals surface area contributed by atoms with Crippen LogP contribution in [0.25, 0.3) is 0 Å². The number of carbonyl (C=O) groups is 1. The van der Waals surface area contributed by atoms with E-state index < -0.39 is 5.54 Å². The second kappa shape index (κ2) is 4.89. The van der Waals surface area contributed by atoms with Gasteiger partial charge in [0.2, 0.25) is 5.91 Å². The van der Waals surface area contributed by atoms with E-state index in [1.807, 2.05) is 13.8 Å². The minimum Gasteiger partial charge on any atom is -0.353 e. The molecule has 2 fully saturated rings. The van der Waals surface area contributed by atoms with Gasteiger partial charge in [-0.1, -0.05) is 6.92 Å². The number of nitrogens with one attached hydrogen (secondary N) is 1. The molecule has 2 rings (SSSR count). The molecule has 1 saturated heterocycles. The number of rotatable bonds is 1. The highest BCUT2D eigenvalue weighted by Crippen LogP contribution is 2.35. The van der Waals surface area contributed by atoms with Crippen LogP contribution >= 0.6 is 0 Å². The van der Waals surface area contributed by atoms with E-state index in [4.69, 9.17) is 0 Å². The van der Waals surface area contributed by atoms with Crippen LogP contribution in [0.3, 0.4) is 0 Å². The predicted octanol–water partition coefficient (Wildman–Crippen LogP) is 1.53. The Morgan fingerprint density at radius 3 is 2.83 bits per heavy atom. The zero-order valence-corrected chi connectivity index (χ0v) is 11.6. The highest BCUT2D eigenvalue weighted by molar-refractivity contribution is 5.86. The maximum Gasteiger partial charge on any atom is 0.240 e. The minimum absolute atomic E-state index is 0.0753. The van der Waals surface area contributed by atoms with Crippen molar-refractivity contribution >= 4 is 5.91 Å². The first-order valence-corrected chi connectivity index (χ1v) is 6.91. The Morgan fingerprint density at radius 1 is 1.44 bits per heavy atom. The first-order valence-electron chi connectivity index (χ1n) is 6.91. The van der Waals surface area contributed by atoms with Gasteiger partial charge in [0.05, 0.1) is 17.5 Å². The van der Waals surface area contributed by atoms with Crippen molar-refractivity contribution in [3.63, 3.8) is 0 Å². The summed E-state index contributed by atoms with van der Waals surface area (Å²) in [6.45, 7) is 7.74. The number of hydrogen-bond acceptors (Lipinski definition) is 3. The number of nitriles is 1. The van der Waals surface area contributed by atoms with Gasteiger partial charge in [-0.05, 0) is 39.0 Å². The molecule has 4 nitrogen and oxygen atoms in total. The summed E-state index contributed by atoms with van der Waals surface area (Å²) in [5, 5.41) is 12.3. The Bertz CT molecular complexity index is 372. The van der Waals surface area contributed by atoms with E-state index in [2.05, 4.69) is 23.2 Å². The lowest BCUT2D eigenvalue weighted by Gasteiger charge is -2.49. The molecule has 0 aromatic rings. The van der Waals surface area contributed by atoms with Gasteiger partial charge in [0, 0.05) is 19.1 Å². The van der Waals surface area contributed by atoms with Gasteiger partial charge < -0.3 is 5.32 Å². The summed E-state index contributed by atoms with van der Waals surface area (Å²) < 4.78 is 0. The van der Waals surface area contributed by atoms with Crippen LogP contribution in [0.5, 0.6) is 0 Å². The molecule has 0 radical (unpaired) electrons. The lowest BCUT2D eigenvalue weighted by molar-refractivity contribution is -0.138. The number of piperazine rings is 1. The summed E-state index contributed by atoms with van der Waals surface area (Å²) in [7, 11) is 0. The largest absolute Gasteiger partial charge is 0.353 e. The molecule has 3 atom stereocenters. The quantitative estimate of drug-likeness (QED) is 0.766. The normalized spacial score (nSPS) is 36.8. The van der Waals surface area contributed by atoms with Crippen molar-refractivity contribution in [2.24, 2.45) is 11.8 Å². The third-order valence-corrected chi connectivity index (χ3v) is 4.56. The summed E-state index contributed by atoms with van der Waals surface area (Å²) >= 11 is 0. The van der Waals surface area contributed by atoms with Crippen molar-refractivity contribution in [3.05, 3.63) is 0 Å². The molecule has 0 bridgehead atoms. The fourth-order valence-electron chi connectivity index (χ4n) is 3.34. The van der Waals surface area contributed by atoms with Crippen LogP contribution in [-0.2, 0) is 4.79 Å². The van der Waals surface area contributed by atoms with Crippen molar-refractivity contribution in [1.82, 2.24) is 10.2 Å². The van der Waals surface area contributed by atoms with Gasteiger partial charge in [0.25, 0.3) is 0 Å².